The summed E-state index contributed by atoms with van der Waals surface area (Å²) in [6.45, 7) is 8.80. The Morgan fingerprint density at radius 3 is 1.92 bits per heavy atom. The highest BCUT2D eigenvalue weighted by Crippen LogP contribution is 2.32. The number of aryl methyl sites for hydroxylation is 2. The summed E-state index contributed by atoms with van der Waals surface area (Å²) in [6, 6.07) is 11.1. The summed E-state index contributed by atoms with van der Waals surface area (Å²) in [4.78, 5) is 23.9. The van der Waals surface area contributed by atoms with Crippen LogP contribution in [-0.4, -0.2) is 65.6 Å². The second-order valence-corrected chi connectivity index (χ2v) is 13.1. The summed E-state index contributed by atoms with van der Waals surface area (Å²) in [5.41, 5.74) is 4.20. The van der Waals surface area contributed by atoms with E-state index in [-0.39, 0.29) is 11.8 Å². The third kappa shape index (κ3) is 11.8. The Labute approximate surface area is 290 Å². The molecule has 0 radical (unpaired) electrons. The molecule has 3 rings (SSSR count). The maximum atomic E-state index is 12.0. The number of aromatic nitrogens is 2. The van der Waals surface area contributed by atoms with Crippen molar-refractivity contribution in [1.29, 1.82) is 0 Å². The predicted molar refractivity (Wildman–Crippen MR) is 198 cm³/mol. The highest BCUT2D eigenvalue weighted by molar-refractivity contribution is 8.76. The molecule has 0 spiro atoms. The molecule has 0 aliphatic carbocycles. The zero-order valence-electron chi connectivity index (χ0n) is 28.4. The maximum absolute atomic E-state index is 12.0. The van der Waals surface area contributed by atoms with Crippen molar-refractivity contribution in [1.82, 2.24) is 9.88 Å². The molecule has 1 aromatic heterocycles. The van der Waals surface area contributed by atoms with Crippen LogP contribution in [0.3, 0.4) is 0 Å². The third-order valence-corrected chi connectivity index (χ3v) is 9.17. The average molecular weight is 695 g/mol. The quantitative estimate of drug-likeness (QED) is 0.0277. The molecule has 48 heavy (non-hydrogen) atoms. The lowest BCUT2D eigenvalue weighted by Crippen LogP contribution is -2.25. The SMILES string of the molecule is C=C[N+](C)=C(N=Nc1cc(NC(=O)CC)ccc1NCCSSCCNc1ccc(NC(=O)CC)cc1N=Nc1n(C)cc[n+]1C)NC. The molecule has 0 saturated heterocycles. The summed E-state index contributed by atoms with van der Waals surface area (Å²) >= 11 is 0. The molecular weight excluding hydrogens is 649 g/mol. The van der Waals surface area contributed by atoms with E-state index in [9.17, 15) is 9.59 Å². The van der Waals surface area contributed by atoms with Crippen LogP contribution in [0.1, 0.15) is 26.7 Å². The van der Waals surface area contributed by atoms with E-state index in [1.165, 1.54) is 0 Å². The molecule has 0 aliphatic rings. The zero-order valence-corrected chi connectivity index (χ0v) is 30.0. The van der Waals surface area contributed by atoms with Crippen LogP contribution in [0, 0.1) is 0 Å². The van der Waals surface area contributed by atoms with Crippen LogP contribution in [-0.2, 0) is 23.7 Å². The van der Waals surface area contributed by atoms with E-state index in [1.54, 1.807) is 52.4 Å². The number of nitrogens with one attached hydrogen (secondary N) is 5. The molecule has 0 saturated carbocycles. The van der Waals surface area contributed by atoms with Crippen molar-refractivity contribution >= 4 is 79.4 Å². The van der Waals surface area contributed by atoms with Crippen molar-refractivity contribution in [2.24, 2.45) is 34.6 Å². The minimum atomic E-state index is -0.0743. The first-order valence-electron chi connectivity index (χ1n) is 15.5. The Kier molecular flexibility index (Phi) is 15.6. The molecule has 5 N–H and O–H groups in total. The van der Waals surface area contributed by atoms with Gasteiger partial charge in [0, 0.05) is 59.0 Å². The van der Waals surface area contributed by atoms with Crippen molar-refractivity contribution in [2.45, 2.75) is 26.7 Å². The van der Waals surface area contributed by atoms with Gasteiger partial charge in [-0.2, -0.15) is 0 Å². The van der Waals surface area contributed by atoms with Gasteiger partial charge in [-0.05, 0) is 36.4 Å². The van der Waals surface area contributed by atoms with Gasteiger partial charge < -0.3 is 21.3 Å². The fraction of sp³-hybridized carbons (Fsp3) is 0.375. The van der Waals surface area contributed by atoms with Crippen molar-refractivity contribution < 1.29 is 18.7 Å². The standard InChI is InChI=1S/C32H44N12O2S2/c1-8-29(45)36-23-11-13-25(27(21-23)38-40-31(33-4)42(5)10-3)34-15-19-47-48-20-16-35-26-14-12-24(37-30(46)9-2)22-28(26)39-41-32-43(6)17-18-44(32)7/h10-14,17-18,21-22H,3,8-9,15-16,19-20H2,1-2,4-7H3,(H3,33,34,35,36,37,38,39,40,45,46)/p+2. The highest BCUT2D eigenvalue weighted by Gasteiger charge is 2.13. The molecule has 0 unspecified atom stereocenters. The van der Waals surface area contributed by atoms with E-state index in [1.807, 2.05) is 79.9 Å². The molecule has 0 fully saturated rings. The van der Waals surface area contributed by atoms with Crippen LogP contribution in [0.15, 0.2) is 82.0 Å². The van der Waals surface area contributed by atoms with Crippen molar-refractivity contribution in [2.75, 3.05) is 60.0 Å². The number of benzene rings is 2. The molecule has 0 bridgehead atoms. The molecule has 16 heteroatoms. The van der Waals surface area contributed by atoms with Crippen LogP contribution >= 0.6 is 21.6 Å². The second-order valence-electron chi connectivity index (χ2n) is 10.4. The molecule has 3 aromatic rings. The topological polar surface area (TPSA) is 156 Å². The monoisotopic (exact) mass is 694 g/mol. The first-order valence-corrected chi connectivity index (χ1v) is 18.0. The summed E-state index contributed by atoms with van der Waals surface area (Å²) in [7, 11) is 10.9. The van der Waals surface area contributed by atoms with E-state index in [0.29, 0.717) is 60.6 Å². The van der Waals surface area contributed by atoms with Gasteiger partial charge in [-0.3, -0.25) is 14.9 Å². The van der Waals surface area contributed by atoms with E-state index in [2.05, 4.69) is 53.6 Å². The van der Waals surface area contributed by atoms with E-state index < -0.39 is 0 Å². The number of carbonyl (C=O) groups is 2. The Morgan fingerprint density at radius 2 is 1.46 bits per heavy atom. The predicted octanol–water partition coefficient (Wildman–Crippen LogP) is 6.31. The summed E-state index contributed by atoms with van der Waals surface area (Å²) in [6.07, 6.45) is 6.23. The lowest BCUT2D eigenvalue weighted by molar-refractivity contribution is -0.657. The number of amides is 2. The molecule has 0 aliphatic heterocycles. The second kappa shape index (κ2) is 19.8. The van der Waals surface area contributed by atoms with Gasteiger partial charge in [-0.15, -0.1) is 0 Å². The van der Waals surface area contributed by atoms with Crippen molar-refractivity contribution in [3.05, 3.63) is 61.6 Å². The normalized spacial score (nSPS) is 11.8. The minimum Gasteiger partial charge on any atom is -0.382 e. The van der Waals surface area contributed by atoms with Crippen LogP contribution in [0.5, 0.6) is 0 Å². The molecule has 1 heterocycles. The number of imidazole rings is 1. The van der Waals surface area contributed by atoms with Gasteiger partial charge in [0.2, 0.25) is 11.8 Å². The van der Waals surface area contributed by atoms with Crippen LogP contribution < -0.4 is 31.2 Å². The number of nitrogens with zero attached hydrogens (tertiary/aromatic N) is 7. The zero-order chi connectivity index (χ0) is 34.9. The summed E-state index contributed by atoms with van der Waals surface area (Å²) in [5.74, 6) is 2.79. The first kappa shape index (κ1) is 37.8. The molecule has 2 amide bonds. The third-order valence-electron chi connectivity index (χ3n) is 6.77. The number of hydrogen-bond acceptors (Lipinski definition) is 9. The summed E-state index contributed by atoms with van der Waals surface area (Å²) in [5, 5.41) is 33.4. The molecule has 0 atom stereocenters. The molecule has 2 aromatic carbocycles. The average Bonchev–Trinajstić information content (AvgIpc) is 3.41. The Hall–Kier alpha value is -4.70. The van der Waals surface area contributed by atoms with Gasteiger partial charge in [0.15, 0.2) is 0 Å². The number of anilines is 4. The number of hydrogen-bond donors (Lipinski definition) is 5. The van der Waals surface area contributed by atoms with E-state index in [4.69, 9.17) is 0 Å². The van der Waals surface area contributed by atoms with E-state index in [0.717, 1.165) is 22.9 Å². The number of azo groups is 2. The van der Waals surface area contributed by atoms with Crippen LogP contribution in [0.2, 0.25) is 0 Å². The highest BCUT2D eigenvalue weighted by atomic mass is 33.1. The van der Waals surface area contributed by atoms with Gasteiger partial charge in [0.25, 0.3) is 0 Å². The van der Waals surface area contributed by atoms with Crippen LogP contribution in [0.25, 0.3) is 0 Å². The van der Waals surface area contributed by atoms with Gasteiger partial charge in [-0.1, -0.05) is 52.2 Å². The number of guanidine groups is 1. The fourth-order valence-electron chi connectivity index (χ4n) is 4.06. The molecular formula is C32H46N12O2S2+2. The van der Waals surface area contributed by atoms with Gasteiger partial charge >= 0.3 is 11.9 Å². The van der Waals surface area contributed by atoms with Crippen LogP contribution in [0.4, 0.5) is 40.1 Å². The largest absolute Gasteiger partial charge is 0.421 e. The lowest BCUT2D eigenvalue weighted by Gasteiger charge is -2.11. The number of rotatable bonds is 17. The van der Waals surface area contributed by atoms with Gasteiger partial charge in [0.1, 0.15) is 11.4 Å². The number of carbonyl (C=O) groups excluding carboxylic acids is 2. The fourth-order valence-corrected chi connectivity index (χ4v) is 5.87. The Morgan fingerprint density at radius 1 is 0.917 bits per heavy atom. The Bertz CT molecular complexity index is 1630. The van der Waals surface area contributed by atoms with Gasteiger partial charge in [0.05, 0.1) is 58.2 Å². The van der Waals surface area contributed by atoms with E-state index >= 15 is 0 Å². The molecule has 14 nitrogen and oxygen atoms in total. The smallest absolute Gasteiger partial charge is 0.382 e. The van der Waals surface area contributed by atoms with Crippen molar-refractivity contribution in [3.63, 3.8) is 0 Å². The minimum absolute atomic E-state index is 0.0637. The maximum Gasteiger partial charge on any atom is 0.421 e. The van der Waals surface area contributed by atoms with Gasteiger partial charge in [-0.25, -0.2) is 13.7 Å². The summed E-state index contributed by atoms with van der Waals surface area (Å²) < 4.78 is 5.49. The Balaban J connectivity index is 1.56. The molecule has 256 valence electrons. The lowest BCUT2D eigenvalue weighted by atomic mass is 10.2. The first-order chi connectivity index (χ1) is 23.2. The van der Waals surface area contributed by atoms with Crippen molar-refractivity contribution in [3.8, 4) is 0 Å².